The molecule has 1 aliphatic carbocycles. The van der Waals surface area contributed by atoms with Crippen molar-refractivity contribution in [1.82, 2.24) is 30.2 Å². The van der Waals surface area contributed by atoms with Crippen molar-refractivity contribution in [1.29, 1.82) is 0 Å². The fourth-order valence-corrected chi connectivity index (χ4v) is 8.26. The first kappa shape index (κ1) is 35.7. The number of nitrogen functional groups attached to an aromatic ring is 1. The molecule has 268 valence electrons. The van der Waals surface area contributed by atoms with Crippen molar-refractivity contribution in [3.05, 3.63) is 64.7 Å². The predicted octanol–water partition coefficient (Wildman–Crippen LogP) is 4.33. The lowest BCUT2D eigenvalue weighted by molar-refractivity contribution is -0.135. The highest BCUT2D eigenvalue weighted by Crippen LogP contribution is 2.30. The van der Waals surface area contributed by atoms with Gasteiger partial charge in [0.15, 0.2) is 0 Å². The predicted molar refractivity (Wildman–Crippen MR) is 199 cm³/mol. The highest BCUT2D eigenvalue weighted by molar-refractivity contribution is 5.87. The number of anilines is 1. The van der Waals surface area contributed by atoms with Crippen LogP contribution in [0.3, 0.4) is 0 Å². The number of carbonyl (C=O) groups excluding carboxylic acids is 2. The largest absolute Gasteiger partial charge is 0.399 e. The third-order valence-corrected chi connectivity index (χ3v) is 11.6. The molecule has 3 amide bonds. The molecular formula is C40H61N7O2. The monoisotopic (exact) mass is 671 g/mol. The average molecular weight is 672 g/mol. The number of hydrogen-bond donors (Lipinski definition) is 3. The first-order valence-corrected chi connectivity index (χ1v) is 19.4. The van der Waals surface area contributed by atoms with Gasteiger partial charge in [-0.15, -0.1) is 0 Å². The van der Waals surface area contributed by atoms with Gasteiger partial charge in [-0.05, 0) is 98.6 Å². The fourth-order valence-electron chi connectivity index (χ4n) is 8.26. The van der Waals surface area contributed by atoms with Gasteiger partial charge in [-0.25, -0.2) is 4.79 Å². The van der Waals surface area contributed by atoms with Gasteiger partial charge in [-0.2, -0.15) is 0 Å². The van der Waals surface area contributed by atoms with Crippen LogP contribution in [0.15, 0.2) is 42.5 Å². The van der Waals surface area contributed by atoms with Crippen LogP contribution < -0.4 is 16.4 Å². The van der Waals surface area contributed by atoms with Gasteiger partial charge < -0.3 is 31.1 Å². The summed E-state index contributed by atoms with van der Waals surface area (Å²) in [7, 11) is 0. The second-order valence-electron chi connectivity index (χ2n) is 15.0. The molecule has 2 aromatic carbocycles. The minimum absolute atomic E-state index is 0.0652. The summed E-state index contributed by atoms with van der Waals surface area (Å²) in [6, 6.07) is 14.9. The summed E-state index contributed by atoms with van der Waals surface area (Å²) >= 11 is 0. The third-order valence-electron chi connectivity index (χ3n) is 11.6. The molecule has 1 saturated carbocycles. The molecule has 9 heteroatoms. The highest BCUT2D eigenvalue weighted by Gasteiger charge is 2.34. The maximum Gasteiger partial charge on any atom is 0.318 e. The Morgan fingerprint density at radius 3 is 2.16 bits per heavy atom. The summed E-state index contributed by atoms with van der Waals surface area (Å²) in [5, 5.41) is 6.90. The van der Waals surface area contributed by atoms with Gasteiger partial charge >= 0.3 is 6.03 Å². The smallest absolute Gasteiger partial charge is 0.318 e. The zero-order valence-electron chi connectivity index (χ0n) is 30.2. The van der Waals surface area contributed by atoms with Gasteiger partial charge in [0.2, 0.25) is 5.91 Å². The summed E-state index contributed by atoms with van der Waals surface area (Å²) < 4.78 is 0. The van der Waals surface area contributed by atoms with E-state index >= 15 is 0 Å². The molecule has 49 heavy (non-hydrogen) atoms. The Morgan fingerprint density at radius 2 is 1.49 bits per heavy atom. The molecule has 6 rings (SSSR count). The Morgan fingerprint density at radius 1 is 0.796 bits per heavy atom. The Labute approximate surface area is 294 Å². The number of benzene rings is 2. The molecule has 1 atom stereocenters. The van der Waals surface area contributed by atoms with E-state index in [2.05, 4.69) is 58.5 Å². The molecule has 4 N–H and O–H groups in total. The number of nitrogens with zero attached hydrogens (tertiary/aromatic N) is 4. The molecule has 9 nitrogen and oxygen atoms in total. The van der Waals surface area contributed by atoms with Gasteiger partial charge in [-0.3, -0.25) is 9.69 Å². The van der Waals surface area contributed by atoms with Crippen molar-refractivity contribution in [2.45, 2.75) is 96.2 Å². The van der Waals surface area contributed by atoms with Crippen molar-refractivity contribution < 1.29 is 9.59 Å². The summed E-state index contributed by atoms with van der Waals surface area (Å²) in [4.78, 5) is 37.2. The lowest BCUT2D eigenvalue weighted by atomic mass is 9.95. The standard InChI is InChI=1S/C40H61N7O2/c1-3-32-12-11-31(27-33(32)4-2)28-38(39(48)46-21-16-36(17-22-46)45-25-23-44(24-26-45)29-30-9-10-30)43-40(49)47-19-14-35(15-20-47)42-18-13-34-7-5-6-8-37(34)41/h5-8,11-12,27,30,35-36,38,42H,3-4,9-10,13-26,28-29,41H2,1-2H3,(H,43,49)/t38-/m1/s1. The fraction of sp³-hybridized carbons (Fsp3) is 0.650. The van der Waals surface area contributed by atoms with Crippen molar-refractivity contribution in [3.63, 3.8) is 0 Å². The number of hydrogen-bond acceptors (Lipinski definition) is 6. The minimum atomic E-state index is -0.570. The molecule has 3 saturated heterocycles. The summed E-state index contributed by atoms with van der Waals surface area (Å²) in [5.74, 6) is 1.02. The number of amides is 3. The molecule has 3 heterocycles. The normalized spacial score (nSPS) is 20.8. The molecule has 0 unspecified atom stereocenters. The molecule has 0 bridgehead atoms. The second kappa shape index (κ2) is 17.2. The van der Waals surface area contributed by atoms with Gasteiger partial charge in [-0.1, -0.05) is 50.2 Å². The SMILES string of the molecule is CCc1ccc(C[C@@H](NC(=O)N2CCC(NCCc3ccccc3N)CC2)C(=O)N2CCC(N3CCN(CC4CC4)CC3)CC2)cc1CC. The number of likely N-dealkylation sites (tertiary alicyclic amines) is 2. The quantitative estimate of drug-likeness (QED) is 0.275. The third kappa shape index (κ3) is 9.77. The van der Waals surface area contributed by atoms with E-state index in [1.54, 1.807) is 0 Å². The van der Waals surface area contributed by atoms with Gasteiger partial charge in [0.25, 0.3) is 0 Å². The molecule has 0 radical (unpaired) electrons. The molecule has 2 aromatic rings. The van der Waals surface area contributed by atoms with Crippen LogP contribution in [0.5, 0.6) is 0 Å². The zero-order chi connectivity index (χ0) is 34.2. The van der Waals surface area contributed by atoms with Crippen LogP contribution in [0.2, 0.25) is 0 Å². The first-order valence-electron chi connectivity index (χ1n) is 19.4. The number of carbonyl (C=O) groups is 2. The summed E-state index contributed by atoms with van der Waals surface area (Å²) in [6.07, 6.45) is 10.0. The number of piperidine rings is 2. The second-order valence-corrected chi connectivity index (χ2v) is 15.0. The van der Waals surface area contributed by atoms with E-state index in [0.29, 0.717) is 31.6 Å². The van der Waals surface area contributed by atoms with Gasteiger partial charge in [0.1, 0.15) is 6.04 Å². The number of nitrogens with two attached hydrogens (primary N) is 1. The maximum absolute atomic E-state index is 14.2. The number of para-hydroxylation sites is 1. The van der Waals surface area contributed by atoms with E-state index in [0.717, 1.165) is 94.8 Å². The number of rotatable bonds is 13. The van der Waals surface area contributed by atoms with Crippen molar-refractivity contribution in [2.24, 2.45) is 5.92 Å². The molecular weight excluding hydrogens is 610 g/mol. The Bertz CT molecular complexity index is 1370. The van der Waals surface area contributed by atoms with E-state index < -0.39 is 6.04 Å². The lowest BCUT2D eigenvalue weighted by Gasteiger charge is -2.43. The van der Waals surface area contributed by atoms with E-state index in [-0.39, 0.29) is 11.9 Å². The molecule has 0 aromatic heterocycles. The summed E-state index contributed by atoms with van der Waals surface area (Å²) in [5.41, 5.74) is 11.9. The van der Waals surface area contributed by atoms with Crippen LogP contribution in [-0.4, -0.2) is 115 Å². The number of aryl methyl sites for hydroxylation is 2. The topological polar surface area (TPSA) is 97.2 Å². The molecule has 4 aliphatic rings. The van der Waals surface area contributed by atoms with Crippen molar-refractivity contribution >= 4 is 17.6 Å². The Hall–Kier alpha value is -3.14. The van der Waals surface area contributed by atoms with Crippen LogP contribution in [0, 0.1) is 5.92 Å². The lowest BCUT2D eigenvalue weighted by Crippen LogP contribution is -2.58. The zero-order valence-corrected chi connectivity index (χ0v) is 30.2. The number of nitrogens with one attached hydrogen (secondary N) is 2. The molecule has 0 spiro atoms. The minimum Gasteiger partial charge on any atom is -0.399 e. The molecule has 4 fully saturated rings. The van der Waals surface area contributed by atoms with Crippen molar-refractivity contribution in [2.75, 3.05) is 71.2 Å². The first-order chi connectivity index (χ1) is 23.9. The van der Waals surface area contributed by atoms with Crippen LogP contribution in [0.25, 0.3) is 0 Å². The van der Waals surface area contributed by atoms with Gasteiger partial charge in [0, 0.05) is 83.1 Å². The Kier molecular flexibility index (Phi) is 12.5. The van der Waals surface area contributed by atoms with Gasteiger partial charge in [0.05, 0.1) is 0 Å². The van der Waals surface area contributed by atoms with Crippen LogP contribution >= 0.6 is 0 Å². The molecule has 3 aliphatic heterocycles. The highest BCUT2D eigenvalue weighted by atomic mass is 16.2. The van der Waals surface area contributed by atoms with E-state index in [1.165, 1.54) is 49.2 Å². The maximum atomic E-state index is 14.2. The summed E-state index contributed by atoms with van der Waals surface area (Å²) in [6.45, 7) is 14.1. The van der Waals surface area contributed by atoms with Crippen LogP contribution in [0.1, 0.15) is 74.6 Å². The average Bonchev–Trinajstić information content (AvgIpc) is 3.96. The Balaban J connectivity index is 1.02. The van der Waals surface area contributed by atoms with Crippen molar-refractivity contribution in [3.8, 4) is 0 Å². The number of piperazine rings is 1. The van der Waals surface area contributed by atoms with E-state index in [1.807, 2.05) is 28.0 Å². The number of urea groups is 1. The van der Waals surface area contributed by atoms with E-state index in [9.17, 15) is 9.59 Å². The van der Waals surface area contributed by atoms with E-state index in [4.69, 9.17) is 5.73 Å². The van der Waals surface area contributed by atoms with Crippen LogP contribution in [0.4, 0.5) is 10.5 Å². The van der Waals surface area contributed by atoms with Crippen LogP contribution in [-0.2, 0) is 30.5 Å².